The van der Waals surface area contributed by atoms with E-state index in [2.05, 4.69) is 44.2 Å². The minimum absolute atomic E-state index is 0.0253. The molecule has 1 aromatic rings. The van der Waals surface area contributed by atoms with Crippen LogP contribution < -0.4 is 0 Å². The number of aliphatic hydroxyl groups excluding tert-OH is 1. The van der Waals surface area contributed by atoms with Gasteiger partial charge in [0.05, 0.1) is 45.3 Å². The molecule has 0 spiro atoms. The van der Waals surface area contributed by atoms with Gasteiger partial charge >= 0.3 is 17.9 Å². The summed E-state index contributed by atoms with van der Waals surface area (Å²) in [7, 11) is 1.00. The number of hydrogen-bond donors (Lipinski definition) is 6. The molecule has 12 saturated carbocycles. The van der Waals surface area contributed by atoms with Gasteiger partial charge in [-0.1, -0.05) is 78.8 Å². The predicted octanol–water partition coefficient (Wildman–Crippen LogP) is 10.6. The maximum atomic E-state index is 12.5. The fourth-order valence-corrected chi connectivity index (χ4v) is 15.6. The van der Waals surface area contributed by atoms with Crippen molar-refractivity contribution in [2.75, 3.05) is 7.11 Å². The third-order valence-electron chi connectivity index (χ3n) is 19.3. The van der Waals surface area contributed by atoms with Crippen LogP contribution in [0.4, 0.5) is 0 Å². The lowest BCUT2D eigenvalue weighted by atomic mass is 9.61. The maximum absolute atomic E-state index is 12.5. The molecule has 12 heteroatoms. The first-order chi connectivity index (χ1) is 33.6. The van der Waals surface area contributed by atoms with Crippen molar-refractivity contribution in [1.82, 2.24) is 0 Å². The smallest absolute Gasteiger partial charge is 0.312 e. The van der Waals surface area contributed by atoms with Crippen LogP contribution in [-0.2, 0) is 28.6 Å². The molecule has 13 rings (SSSR count). The van der Waals surface area contributed by atoms with Gasteiger partial charge in [-0.2, -0.15) is 0 Å². The number of hydrogen-bond acceptors (Lipinski definition) is 12. The quantitative estimate of drug-likeness (QED) is 0.0907. The van der Waals surface area contributed by atoms with Gasteiger partial charge in [0.15, 0.2) is 0 Å². The van der Waals surface area contributed by atoms with E-state index in [1.807, 2.05) is 48.5 Å². The first kappa shape index (κ1) is 58.6. The second-order valence-electron chi connectivity index (χ2n) is 26.5. The van der Waals surface area contributed by atoms with Crippen molar-refractivity contribution < 1.29 is 59.2 Å². The Labute approximate surface area is 433 Å². The zero-order valence-corrected chi connectivity index (χ0v) is 46.2. The third-order valence-corrected chi connectivity index (χ3v) is 19.3. The highest BCUT2D eigenvalue weighted by Gasteiger charge is 2.63. The summed E-state index contributed by atoms with van der Waals surface area (Å²) in [6, 6.07) is 10.6. The molecule has 72 heavy (non-hydrogen) atoms. The lowest BCUT2D eigenvalue weighted by Crippen LogP contribution is -2.59. The van der Waals surface area contributed by atoms with Crippen LogP contribution in [0, 0.1) is 40.9 Å². The zero-order chi connectivity index (χ0) is 53.2. The Morgan fingerprint density at radius 3 is 1.35 bits per heavy atom. The second kappa shape index (κ2) is 22.5. The van der Waals surface area contributed by atoms with Gasteiger partial charge in [-0.15, -0.1) is 0 Å². The van der Waals surface area contributed by atoms with E-state index in [1.165, 1.54) is 18.4 Å². The van der Waals surface area contributed by atoms with Crippen molar-refractivity contribution >= 4 is 17.9 Å². The van der Waals surface area contributed by atoms with Crippen LogP contribution in [0.3, 0.4) is 0 Å². The van der Waals surface area contributed by atoms with Crippen LogP contribution in [0.1, 0.15) is 234 Å². The van der Waals surface area contributed by atoms with Crippen LogP contribution in [0.15, 0.2) is 30.3 Å². The molecule has 12 aliphatic rings. The highest BCUT2D eigenvalue weighted by atomic mass is 16.6. The minimum Gasteiger partial charge on any atom is -0.459 e. The summed E-state index contributed by atoms with van der Waals surface area (Å²) in [6.45, 7) is 18.0. The van der Waals surface area contributed by atoms with Crippen LogP contribution in [0.5, 0.6) is 0 Å². The van der Waals surface area contributed by atoms with Crippen LogP contribution in [0.25, 0.3) is 0 Å². The Bertz CT molecular complexity index is 1950. The maximum Gasteiger partial charge on any atom is 0.312 e. The van der Waals surface area contributed by atoms with Crippen LogP contribution in [-0.4, -0.2) is 100 Å². The Morgan fingerprint density at radius 1 is 0.528 bits per heavy atom. The van der Waals surface area contributed by atoms with Crippen molar-refractivity contribution in [2.45, 2.75) is 274 Å². The normalized spacial score (nSPS) is 40.6. The molecule has 12 bridgehead atoms. The minimum atomic E-state index is -0.858. The number of carbonyl (C=O) groups excluding carboxylic acids is 3. The molecule has 11 atom stereocenters. The monoisotopic (exact) mass is 1010 g/mol. The molecular weight excluding hydrogens is 913 g/mol. The highest BCUT2D eigenvalue weighted by molar-refractivity contribution is 5.76. The van der Waals surface area contributed by atoms with Crippen molar-refractivity contribution in [3.63, 3.8) is 0 Å². The Kier molecular flexibility index (Phi) is 18.4. The van der Waals surface area contributed by atoms with E-state index in [0.717, 1.165) is 110 Å². The van der Waals surface area contributed by atoms with Crippen molar-refractivity contribution in [1.29, 1.82) is 0 Å². The average Bonchev–Trinajstić information content (AvgIpc) is 3.68. The van der Waals surface area contributed by atoms with E-state index in [1.54, 1.807) is 0 Å². The van der Waals surface area contributed by atoms with Crippen LogP contribution >= 0.6 is 0 Å². The molecule has 0 aromatic heterocycles. The van der Waals surface area contributed by atoms with Gasteiger partial charge in [0, 0.05) is 52.1 Å². The molecule has 12 nitrogen and oxygen atoms in total. The summed E-state index contributed by atoms with van der Waals surface area (Å²) in [5.41, 5.74) is -4.70. The molecule has 0 radical (unpaired) electrons. The first-order valence-electron chi connectivity index (χ1n) is 28.5. The van der Waals surface area contributed by atoms with Gasteiger partial charge in [0.1, 0.15) is 16.8 Å². The standard InChI is InChI=1S/C17H28O4.C16H26O4.C16H26O3.C10H14.CH4O/c1-4-14(2,3)13(18)21-17-6-5-12-7-15(19,10-17)9-16(20,8-12)11-17;1-3-11(2)13(17)20-16-5-4-12-6-14(18,9-16)8-15(19,7-12)10-16;1-3-11(2)14(17)19-16-5-4-12-6-13(9-16)8-15(18,7-12)10-16;1-3-9(2)10-7-5-4-6-8-10;1-2/h12,19-20H,4-11H2,1-3H3;11-12,18-19H,3-10H2,1-2H3;11-13,18H,3-10H2,1-2H3;4-9H,3H2,1-2H3;2H,1H3. The Hall–Kier alpha value is -2.61. The Balaban J connectivity index is 0.000000159. The van der Waals surface area contributed by atoms with Crippen molar-refractivity contribution in [3.8, 4) is 0 Å². The molecule has 1 aromatic carbocycles. The van der Waals surface area contributed by atoms with Gasteiger partial charge in [-0.3, -0.25) is 14.4 Å². The topological polar surface area (TPSA) is 200 Å². The molecule has 0 saturated heterocycles. The number of fused-ring (bicyclic) bond motifs is 3. The van der Waals surface area contributed by atoms with E-state index in [0.29, 0.717) is 74.5 Å². The summed E-state index contributed by atoms with van der Waals surface area (Å²) in [5, 5.41) is 61.0. The number of carbonyl (C=O) groups is 3. The molecule has 0 amide bonds. The van der Waals surface area contributed by atoms with Gasteiger partial charge < -0.3 is 44.8 Å². The molecule has 6 N–H and O–H groups in total. The van der Waals surface area contributed by atoms with E-state index in [-0.39, 0.29) is 35.3 Å². The lowest BCUT2D eigenvalue weighted by molar-refractivity contribution is -0.219. The molecule has 410 valence electrons. The zero-order valence-electron chi connectivity index (χ0n) is 46.2. The number of benzene rings is 1. The molecule has 12 fully saturated rings. The molecule has 0 aliphatic heterocycles. The van der Waals surface area contributed by atoms with E-state index in [9.17, 15) is 39.9 Å². The van der Waals surface area contributed by atoms with E-state index >= 15 is 0 Å². The molecular formula is C60H98O12. The first-order valence-corrected chi connectivity index (χ1v) is 28.5. The van der Waals surface area contributed by atoms with Crippen LogP contribution in [0.2, 0.25) is 0 Å². The molecule has 0 heterocycles. The lowest BCUT2D eigenvalue weighted by Gasteiger charge is -2.53. The predicted molar refractivity (Wildman–Crippen MR) is 278 cm³/mol. The summed E-state index contributed by atoms with van der Waals surface area (Å²) in [6.07, 6.45) is 19.6. The summed E-state index contributed by atoms with van der Waals surface area (Å²) >= 11 is 0. The fourth-order valence-electron chi connectivity index (χ4n) is 15.6. The molecule has 12 aliphatic carbocycles. The van der Waals surface area contributed by atoms with E-state index < -0.39 is 44.6 Å². The second-order valence-corrected chi connectivity index (χ2v) is 26.5. The van der Waals surface area contributed by atoms with Crippen molar-refractivity contribution in [3.05, 3.63) is 35.9 Å². The average molecular weight is 1010 g/mol. The van der Waals surface area contributed by atoms with E-state index in [4.69, 9.17) is 19.3 Å². The summed E-state index contributed by atoms with van der Waals surface area (Å²) < 4.78 is 17.8. The van der Waals surface area contributed by atoms with Crippen molar-refractivity contribution in [2.24, 2.45) is 40.9 Å². The number of esters is 3. The van der Waals surface area contributed by atoms with Gasteiger partial charge in [0.25, 0.3) is 0 Å². The Morgan fingerprint density at radius 2 is 0.917 bits per heavy atom. The fraction of sp³-hybridized carbons (Fsp3) is 0.850. The van der Waals surface area contributed by atoms with Gasteiger partial charge in [0.2, 0.25) is 0 Å². The summed E-state index contributed by atoms with van der Waals surface area (Å²) in [5.74, 6) is 2.06. The largest absolute Gasteiger partial charge is 0.459 e. The SMILES string of the molecule is CCC(C)(C)C(=O)OC12CCC3CC(O)(CC(O)(C3)C1)C2.CCC(C)C(=O)OC12CCC3CC(CC(O)(C3)C1)C2.CCC(C)C(=O)OC12CCC3CC(O)(CC(O)(C3)C1)C2.CCC(C)c1ccccc1.CO. The highest BCUT2D eigenvalue weighted by Crippen LogP contribution is 2.60. The number of ether oxygens (including phenoxy) is 3. The number of rotatable bonds is 11. The third kappa shape index (κ3) is 13.9. The summed E-state index contributed by atoms with van der Waals surface area (Å²) in [4.78, 5) is 36.9. The van der Waals surface area contributed by atoms with Gasteiger partial charge in [-0.05, 0) is 165 Å². The van der Waals surface area contributed by atoms with Gasteiger partial charge in [-0.25, -0.2) is 0 Å². The number of aliphatic hydroxyl groups is 6. The molecule has 11 unspecified atom stereocenters.